The van der Waals surface area contributed by atoms with Crippen LogP contribution in [0.2, 0.25) is 0 Å². The molecule has 0 spiro atoms. The molecule has 1 fully saturated rings. The summed E-state index contributed by atoms with van der Waals surface area (Å²) < 4.78 is 11.0. The number of ether oxygens (including phenoxy) is 2. The van der Waals surface area contributed by atoms with Gasteiger partial charge in [-0.1, -0.05) is 12.1 Å². The van der Waals surface area contributed by atoms with Crippen LogP contribution in [-0.2, 0) is 20.7 Å². The zero-order chi connectivity index (χ0) is 14.9. The third kappa shape index (κ3) is 6.14. The third-order valence-electron chi connectivity index (χ3n) is 3.51. The first-order valence-electron chi connectivity index (χ1n) is 7.54. The van der Waals surface area contributed by atoms with Gasteiger partial charge in [-0.05, 0) is 37.0 Å². The number of carbonyl (C=O) groups is 1. The van der Waals surface area contributed by atoms with Gasteiger partial charge in [0.15, 0.2) is 0 Å². The molecule has 0 bridgehead atoms. The highest BCUT2D eigenvalue weighted by Crippen LogP contribution is 2.10. The zero-order valence-electron chi connectivity index (χ0n) is 12.3. The van der Waals surface area contributed by atoms with Gasteiger partial charge in [-0.25, -0.2) is 0 Å². The first-order chi connectivity index (χ1) is 10.2. The van der Waals surface area contributed by atoms with Crippen LogP contribution in [0.15, 0.2) is 24.3 Å². The first kappa shape index (κ1) is 15.8. The molecular formula is C16H24N2O3. The quantitative estimate of drug-likeness (QED) is 0.590. The van der Waals surface area contributed by atoms with Crippen LogP contribution in [0.5, 0.6) is 0 Å². The van der Waals surface area contributed by atoms with Gasteiger partial charge in [0, 0.05) is 32.1 Å². The summed E-state index contributed by atoms with van der Waals surface area (Å²) in [5.41, 5.74) is 7.29. The fraction of sp³-hybridized carbons (Fsp3) is 0.562. The Kier molecular flexibility index (Phi) is 6.50. The van der Waals surface area contributed by atoms with E-state index in [1.54, 1.807) is 0 Å². The average Bonchev–Trinajstić information content (AvgIpc) is 2.50. The Balaban J connectivity index is 1.53. The van der Waals surface area contributed by atoms with Crippen LogP contribution >= 0.6 is 0 Å². The lowest BCUT2D eigenvalue weighted by atomic mass is 10.1. The Labute approximate surface area is 125 Å². The van der Waals surface area contributed by atoms with Crippen molar-refractivity contribution in [1.82, 2.24) is 5.32 Å². The van der Waals surface area contributed by atoms with Crippen molar-refractivity contribution in [2.24, 2.45) is 0 Å². The molecule has 5 nitrogen and oxygen atoms in total. The molecule has 1 amide bonds. The van der Waals surface area contributed by atoms with Crippen molar-refractivity contribution in [3.63, 3.8) is 0 Å². The van der Waals surface area contributed by atoms with E-state index in [0.717, 1.165) is 38.0 Å². The van der Waals surface area contributed by atoms with Crippen LogP contribution in [0.25, 0.3) is 0 Å². The molecule has 2 rings (SSSR count). The molecule has 0 aromatic heterocycles. The molecule has 3 N–H and O–H groups in total. The van der Waals surface area contributed by atoms with Gasteiger partial charge >= 0.3 is 0 Å². The average molecular weight is 292 g/mol. The fourth-order valence-corrected chi connectivity index (χ4v) is 2.28. The molecule has 116 valence electrons. The molecule has 1 aromatic rings. The Bertz CT molecular complexity index is 428. The number of hydrogen-bond donors (Lipinski definition) is 2. The van der Waals surface area contributed by atoms with Crippen molar-refractivity contribution in [3.8, 4) is 0 Å². The molecule has 1 heterocycles. The van der Waals surface area contributed by atoms with E-state index in [2.05, 4.69) is 5.32 Å². The number of hydrogen-bond acceptors (Lipinski definition) is 4. The van der Waals surface area contributed by atoms with E-state index in [9.17, 15) is 4.79 Å². The smallest absolute Gasteiger partial charge is 0.224 e. The summed E-state index contributed by atoms with van der Waals surface area (Å²) >= 11 is 0. The van der Waals surface area contributed by atoms with E-state index >= 15 is 0 Å². The lowest BCUT2D eigenvalue weighted by Gasteiger charge is -2.22. The Morgan fingerprint density at radius 1 is 1.29 bits per heavy atom. The Hall–Kier alpha value is -1.59. The maximum Gasteiger partial charge on any atom is 0.224 e. The summed E-state index contributed by atoms with van der Waals surface area (Å²) in [6, 6.07) is 7.38. The molecule has 0 radical (unpaired) electrons. The minimum Gasteiger partial charge on any atom is -0.399 e. The summed E-state index contributed by atoms with van der Waals surface area (Å²) in [5, 5.41) is 2.91. The van der Waals surface area contributed by atoms with Crippen LogP contribution in [0.3, 0.4) is 0 Å². The van der Waals surface area contributed by atoms with Crippen LogP contribution < -0.4 is 11.1 Å². The van der Waals surface area contributed by atoms with Crippen LogP contribution in [0.4, 0.5) is 5.69 Å². The van der Waals surface area contributed by atoms with Crippen molar-refractivity contribution in [1.29, 1.82) is 0 Å². The SMILES string of the molecule is Nc1ccc(CC(=O)NCCCOC2CCOCC2)cc1. The molecule has 1 aromatic carbocycles. The second kappa shape index (κ2) is 8.64. The molecule has 1 saturated heterocycles. The summed E-state index contributed by atoms with van der Waals surface area (Å²) in [4.78, 5) is 11.8. The summed E-state index contributed by atoms with van der Waals surface area (Å²) in [6.45, 7) is 2.93. The Morgan fingerprint density at radius 3 is 2.71 bits per heavy atom. The van der Waals surface area contributed by atoms with Gasteiger partial charge in [-0.2, -0.15) is 0 Å². The zero-order valence-corrected chi connectivity index (χ0v) is 12.3. The van der Waals surface area contributed by atoms with Crippen molar-refractivity contribution in [3.05, 3.63) is 29.8 Å². The normalized spacial score (nSPS) is 15.8. The van der Waals surface area contributed by atoms with E-state index < -0.39 is 0 Å². The van der Waals surface area contributed by atoms with Gasteiger partial charge in [0.1, 0.15) is 0 Å². The van der Waals surface area contributed by atoms with Crippen molar-refractivity contribution in [2.75, 3.05) is 32.1 Å². The predicted molar refractivity (Wildman–Crippen MR) is 82.0 cm³/mol. The van der Waals surface area contributed by atoms with Crippen LogP contribution in [0, 0.1) is 0 Å². The molecule has 5 heteroatoms. The summed E-state index contributed by atoms with van der Waals surface area (Å²) in [6.07, 6.45) is 3.50. The van der Waals surface area contributed by atoms with Crippen molar-refractivity contribution < 1.29 is 14.3 Å². The predicted octanol–water partition coefficient (Wildman–Crippen LogP) is 1.51. The van der Waals surface area contributed by atoms with Gasteiger partial charge in [-0.3, -0.25) is 4.79 Å². The number of rotatable bonds is 7. The number of nitrogens with two attached hydrogens (primary N) is 1. The molecule has 0 saturated carbocycles. The number of nitrogens with one attached hydrogen (secondary N) is 1. The standard InChI is InChI=1S/C16H24N2O3/c17-14-4-2-13(3-5-14)12-16(19)18-8-1-9-21-15-6-10-20-11-7-15/h2-5,15H,1,6-12,17H2,(H,18,19). The largest absolute Gasteiger partial charge is 0.399 e. The highest BCUT2D eigenvalue weighted by atomic mass is 16.5. The van der Waals surface area contributed by atoms with Crippen LogP contribution in [-0.4, -0.2) is 38.4 Å². The minimum atomic E-state index is 0.0332. The monoisotopic (exact) mass is 292 g/mol. The highest BCUT2D eigenvalue weighted by molar-refractivity contribution is 5.78. The number of anilines is 1. The van der Waals surface area contributed by atoms with Gasteiger partial charge < -0.3 is 20.5 Å². The number of benzene rings is 1. The lowest BCUT2D eigenvalue weighted by molar-refractivity contribution is -0.120. The van der Waals surface area contributed by atoms with E-state index in [1.807, 2.05) is 24.3 Å². The molecule has 1 aliphatic rings. The molecular weight excluding hydrogens is 268 g/mol. The minimum absolute atomic E-state index is 0.0332. The number of amides is 1. The molecule has 0 unspecified atom stereocenters. The number of carbonyl (C=O) groups excluding carboxylic acids is 1. The Morgan fingerprint density at radius 2 is 2.00 bits per heavy atom. The molecule has 0 atom stereocenters. The van der Waals surface area contributed by atoms with Crippen LogP contribution in [0.1, 0.15) is 24.8 Å². The first-order valence-corrected chi connectivity index (χ1v) is 7.54. The third-order valence-corrected chi connectivity index (χ3v) is 3.51. The topological polar surface area (TPSA) is 73.6 Å². The van der Waals surface area contributed by atoms with Gasteiger partial charge in [0.2, 0.25) is 5.91 Å². The van der Waals surface area contributed by atoms with Crippen molar-refractivity contribution >= 4 is 11.6 Å². The second-order valence-electron chi connectivity index (χ2n) is 5.30. The maximum atomic E-state index is 11.8. The van der Waals surface area contributed by atoms with E-state index in [0.29, 0.717) is 31.4 Å². The maximum absolute atomic E-state index is 11.8. The number of nitrogen functional groups attached to an aromatic ring is 1. The van der Waals surface area contributed by atoms with Gasteiger partial charge in [0.05, 0.1) is 12.5 Å². The van der Waals surface area contributed by atoms with Crippen molar-refractivity contribution in [2.45, 2.75) is 31.8 Å². The summed E-state index contributed by atoms with van der Waals surface area (Å²) in [7, 11) is 0. The second-order valence-corrected chi connectivity index (χ2v) is 5.30. The van der Waals surface area contributed by atoms with E-state index in [4.69, 9.17) is 15.2 Å². The van der Waals surface area contributed by atoms with E-state index in [-0.39, 0.29) is 5.91 Å². The highest BCUT2D eigenvalue weighted by Gasteiger charge is 2.13. The molecule has 0 aliphatic carbocycles. The van der Waals surface area contributed by atoms with E-state index in [1.165, 1.54) is 0 Å². The lowest BCUT2D eigenvalue weighted by Crippen LogP contribution is -2.28. The van der Waals surface area contributed by atoms with Gasteiger partial charge in [0.25, 0.3) is 0 Å². The molecule has 1 aliphatic heterocycles. The molecule has 21 heavy (non-hydrogen) atoms. The van der Waals surface area contributed by atoms with Gasteiger partial charge in [-0.15, -0.1) is 0 Å². The fourth-order valence-electron chi connectivity index (χ4n) is 2.28. The summed E-state index contributed by atoms with van der Waals surface area (Å²) in [5.74, 6) is 0.0332.